The minimum atomic E-state index is -0.378. The molecule has 4 heteroatoms. The summed E-state index contributed by atoms with van der Waals surface area (Å²) < 4.78 is 12.8. The quantitative estimate of drug-likeness (QED) is 0.474. The van der Waals surface area contributed by atoms with E-state index in [0.717, 1.165) is 18.3 Å². The molecule has 2 heterocycles. The van der Waals surface area contributed by atoms with Crippen molar-refractivity contribution in [1.82, 2.24) is 4.98 Å². The van der Waals surface area contributed by atoms with Crippen LogP contribution < -0.4 is 5.46 Å². The number of aromatic nitrogens is 1. The van der Waals surface area contributed by atoms with Gasteiger partial charge in [0.05, 0.1) is 16.6 Å². The highest BCUT2D eigenvalue weighted by molar-refractivity contribution is 6.62. The highest BCUT2D eigenvalue weighted by Crippen LogP contribution is 2.56. The molecular formula is C30H30BNO2. The fourth-order valence-electron chi connectivity index (χ4n) is 5.80. The Morgan fingerprint density at radius 3 is 2.29 bits per heavy atom. The summed E-state index contributed by atoms with van der Waals surface area (Å²) in [6, 6.07) is 21.9. The number of fused-ring (bicyclic) bond motifs is 2. The zero-order valence-electron chi connectivity index (χ0n) is 20.3. The van der Waals surface area contributed by atoms with E-state index in [1.807, 2.05) is 12.4 Å². The summed E-state index contributed by atoms with van der Waals surface area (Å²) in [5.74, 6) is 0. The van der Waals surface area contributed by atoms with E-state index < -0.39 is 0 Å². The molecule has 3 aromatic rings. The third-order valence-corrected chi connectivity index (χ3v) is 8.19. The summed E-state index contributed by atoms with van der Waals surface area (Å²) in [6.07, 6.45) is 10.6. The van der Waals surface area contributed by atoms with Crippen LogP contribution in [-0.4, -0.2) is 23.3 Å². The van der Waals surface area contributed by atoms with E-state index >= 15 is 0 Å². The van der Waals surface area contributed by atoms with Gasteiger partial charge in [0.1, 0.15) is 0 Å². The predicted octanol–water partition coefficient (Wildman–Crippen LogP) is 5.83. The van der Waals surface area contributed by atoms with Gasteiger partial charge < -0.3 is 9.31 Å². The van der Waals surface area contributed by atoms with Crippen molar-refractivity contribution in [2.24, 2.45) is 0 Å². The van der Waals surface area contributed by atoms with Gasteiger partial charge >= 0.3 is 7.12 Å². The zero-order chi connectivity index (χ0) is 23.6. The Morgan fingerprint density at radius 2 is 1.59 bits per heavy atom. The molecule has 2 aromatic carbocycles. The average Bonchev–Trinajstić information content (AvgIpc) is 3.27. The molecule has 1 atom stereocenters. The van der Waals surface area contributed by atoms with E-state index in [9.17, 15) is 0 Å². The fourth-order valence-corrected chi connectivity index (χ4v) is 5.80. The number of pyridine rings is 1. The van der Waals surface area contributed by atoms with Crippen molar-refractivity contribution in [1.29, 1.82) is 0 Å². The van der Waals surface area contributed by atoms with Gasteiger partial charge in [0.15, 0.2) is 0 Å². The van der Waals surface area contributed by atoms with E-state index in [1.165, 1.54) is 33.4 Å². The van der Waals surface area contributed by atoms with Crippen LogP contribution in [0, 0.1) is 0 Å². The van der Waals surface area contributed by atoms with Crippen LogP contribution in [-0.2, 0) is 14.7 Å². The Bertz CT molecular complexity index is 1250. The van der Waals surface area contributed by atoms with Crippen molar-refractivity contribution < 1.29 is 9.31 Å². The Hall–Kier alpha value is -2.95. The van der Waals surface area contributed by atoms with E-state index in [4.69, 9.17) is 9.31 Å². The molecule has 0 radical (unpaired) electrons. The summed E-state index contributed by atoms with van der Waals surface area (Å²) in [5, 5.41) is 0. The van der Waals surface area contributed by atoms with Crippen molar-refractivity contribution in [2.75, 3.05) is 0 Å². The van der Waals surface area contributed by atoms with Crippen molar-refractivity contribution in [3.8, 4) is 0 Å². The normalized spacial score (nSPS) is 24.3. The van der Waals surface area contributed by atoms with Crippen LogP contribution in [0.5, 0.6) is 0 Å². The standard InChI is InChI=1S/C30H30BNO2/c1-28(2)29(3,4)34-31(33-28)23-16-17-27-25(19-23)24-14-8-9-15-26(24)30(27,21-11-6-5-7-12-21)22-13-10-18-32-20-22/h5-8,10-14,16-20H,9,15H2,1-4H3. The first-order valence-corrected chi connectivity index (χ1v) is 12.2. The van der Waals surface area contributed by atoms with Crippen LogP contribution in [0.15, 0.2) is 90.8 Å². The second-order valence-electron chi connectivity index (χ2n) is 10.6. The van der Waals surface area contributed by atoms with Crippen molar-refractivity contribution in [3.05, 3.63) is 113 Å². The zero-order valence-corrected chi connectivity index (χ0v) is 20.3. The predicted molar refractivity (Wildman–Crippen MR) is 138 cm³/mol. The molecule has 2 aliphatic carbocycles. The number of allylic oxidation sites excluding steroid dienone is 4. The van der Waals surface area contributed by atoms with Crippen LogP contribution >= 0.6 is 0 Å². The topological polar surface area (TPSA) is 31.4 Å². The maximum Gasteiger partial charge on any atom is 0.494 e. The molecule has 0 saturated carbocycles. The van der Waals surface area contributed by atoms with Crippen LogP contribution in [0.25, 0.3) is 5.57 Å². The molecule has 1 aromatic heterocycles. The maximum absolute atomic E-state index is 6.40. The lowest BCUT2D eigenvalue weighted by atomic mass is 9.65. The molecule has 1 unspecified atom stereocenters. The van der Waals surface area contributed by atoms with Gasteiger partial charge in [-0.3, -0.25) is 4.98 Å². The molecule has 0 amide bonds. The highest BCUT2D eigenvalue weighted by atomic mass is 16.7. The molecule has 6 rings (SSSR count). The Kier molecular flexibility index (Phi) is 4.78. The second-order valence-corrected chi connectivity index (χ2v) is 10.6. The summed E-state index contributed by atoms with van der Waals surface area (Å²) in [6.45, 7) is 8.42. The monoisotopic (exact) mass is 447 g/mol. The van der Waals surface area contributed by atoms with Gasteiger partial charge in [-0.25, -0.2) is 0 Å². The van der Waals surface area contributed by atoms with Crippen molar-refractivity contribution in [3.63, 3.8) is 0 Å². The molecule has 0 bridgehead atoms. The van der Waals surface area contributed by atoms with E-state index in [-0.39, 0.29) is 23.7 Å². The third kappa shape index (κ3) is 2.95. The second kappa shape index (κ2) is 7.53. The van der Waals surface area contributed by atoms with Gasteiger partial charge in [0, 0.05) is 12.4 Å². The minimum absolute atomic E-state index is 0.348. The lowest BCUT2D eigenvalue weighted by molar-refractivity contribution is 0.00578. The van der Waals surface area contributed by atoms with Crippen molar-refractivity contribution in [2.45, 2.75) is 57.2 Å². The van der Waals surface area contributed by atoms with Gasteiger partial charge in [-0.05, 0) is 85.5 Å². The number of rotatable bonds is 3. The van der Waals surface area contributed by atoms with E-state index in [2.05, 4.69) is 105 Å². The van der Waals surface area contributed by atoms with Gasteiger partial charge in [-0.2, -0.15) is 0 Å². The SMILES string of the molecule is CC1(C)OB(c2ccc3c(c2)C2=C(CCC=C2)C3(c2ccccc2)c2cccnc2)OC1(C)C. The molecule has 170 valence electrons. The van der Waals surface area contributed by atoms with Crippen LogP contribution in [0.2, 0.25) is 0 Å². The minimum Gasteiger partial charge on any atom is -0.399 e. The highest BCUT2D eigenvalue weighted by Gasteiger charge is 2.53. The van der Waals surface area contributed by atoms with Gasteiger partial charge in [-0.1, -0.05) is 66.7 Å². The smallest absolute Gasteiger partial charge is 0.399 e. The lowest BCUT2D eigenvalue weighted by Crippen LogP contribution is -2.41. The van der Waals surface area contributed by atoms with Crippen LogP contribution in [0.3, 0.4) is 0 Å². The first-order chi connectivity index (χ1) is 16.3. The number of hydrogen-bond acceptors (Lipinski definition) is 3. The summed E-state index contributed by atoms with van der Waals surface area (Å²) >= 11 is 0. The molecule has 3 nitrogen and oxygen atoms in total. The Balaban J connectivity index is 1.59. The van der Waals surface area contributed by atoms with E-state index in [1.54, 1.807) is 0 Å². The summed E-state index contributed by atoms with van der Waals surface area (Å²) in [4.78, 5) is 4.54. The number of nitrogens with zero attached hydrogens (tertiary/aromatic N) is 1. The first kappa shape index (κ1) is 21.6. The largest absolute Gasteiger partial charge is 0.494 e. The Morgan fingerprint density at radius 1 is 0.853 bits per heavy atom. The molecule has 1 aliphatic heterocycles. The molecule has 0 N–H and O–H groups in total. The lowest BCUT2D eigenvalue weighted by Gasteiger charge is -2.36. The van der Waals surface area contributed by atoms with Crippen LogP contribution in [0.1, 0.15) is 62.8 Å². The van der Waals surface area contributed by atoms with Crippen LogP contribution in [0.4, 0.5) is 0 Å². The van der Waals surface area contributed by atoms with E-state index in [0.29, 0.717) is 0 Å². The molecule has 1 fully saturated rings. The maximum atomic E-state index is 6.40. The Labute approximate surface area is 202 Å². The molecule has 3 aliphatic rings. The molecular weight excluding hydrogens is 417 g/mol. The van der Waals surface area contributed by atoms with Gasteiger partial charge in [0.25, 0.3) is 0 Å². The fraction of sp³-hybridized carbons (Fsp3) is 0.300. The third-order valence-electron chi connectivity index (χ3n) is 8.19. The molecule has 34 heavy (non-hydrogen) atoms. The van der Waals surface area contributed by atoms with Crippen molar-refractivity contribution >= 4 is 18.2 Å². The summed E-state index contributed by atoms with van der Waals surface area (Å²) in [7, 11) is -0.378. The molecule has 0 spiro atoms. The summed E-state index contributed by atoms with van der Waals surface area (Å²) in [5.41, 5.74) is 7.85. The molecule has 1 saturated heterocycles. The van der Waals surface area contributed by atoms with Gasteiger partial charge in [-0.15, -0.1) is 0 Å². The van der Waals surface area contributed by atoms with Gasteiger partial charge in [0.2, 0.25) is 0 Å². The average molecular weight is 447 g/mol. The first-order valence-electron chi connectivity index (χ1n) is 12.2. The number of hydrogen-bond donors (Lipinski definition) is 0. The number of benzene rings is 2.